The van der Waals surface area contributed by atoms with Crippen LogP contribution < -0.4 is 14.8 Å². The van der Waals surface area contributed by atoms with Crippen LogP contribution in [-0.2, 0) is 4.79 Å². The molecule has 0 saturated heterocycles. The molecule has 26 heavy (non-hydrogen) atoms. The zero-order chi connectivity index (χ0) is 18.9. The highest BCUT2D eigenvalue weighted by atomic mass is 79.9. The molecule has 0 saturated carbocycles. The number of rotatable bonds is 6. The third-order valence-corrected chi connectivity index (χ3v) is 3.80. The Kier molecular flexibility index (Phi) is 6.84. The Hall–Kier alpha value is -3.22. The Labute approximate surface area is 160 Å². The van der Waals surface area contributed by atoms with E-state index >= 15 is 0 Å². The van der Waals surface area contributed by atoms with Gasteiger partial charge in [-0.2, -0.15) is 5.26 Å². The molecule has 6 heteroatoms. The van der Waals surface area contributed by atoms with Crippen LogP contribution in [0.3, 0.4) is 0 Å². The van der Waals surface area contributed by atoms with Crippen LogP contribution in [0.15, 0.2) is 52.5 Å². The largest absolute Gasteiger partial charge is 0.495 e. The van der Waals surface area contributed by atoms with Crippen LogP contribution in [0, 0.1) is 23.7 Å². The van der Waals surface area contributed by atoms with E-state index in [2.05, 4.69) is 27.2 Å². The summed E-state index contributed by atoms with van der Waals surface area (Å²) in [7, 11) is 1.50. The van der Waals surface area contributed by atoms with Gasteiger partial charge in [0.1, 0.15) is 29.7 Å². The van der Waals surface area contributed by atoms with Crippen molar-refractivity contribution in [2.75, 3.05) is 19.0 Å². The molecular weight excluding hydrogens is 396 g/mol. The van der Waals surface area contributed by atoms with E-state index in [0.29, 0.717) is 22.7 Å². The summed E-state index contributed by atoms with van der Waals surface area (Å²) in [6.45, 7) is 0.0811. The first kappa shape index (κ1) is 19.1. The Bertz CT molecular complexity index is 923. The molecule has 0 aromatic heterocycles. The minimum absolute atomic E-state index is 0.0811. The lowest BCUT2D eigenvalue weighted by molar-refractivity contribution is -0.112. The topological polar surface area (TPSA) is 71.3 Å². The van der Waals surface area contributed by atoms with Gasteiger partial charge in [0.15, 0.2) is 0 Å². The van der Waals surface area contributed by atoms with Crippen LogP contribution in [0.25, 0.3) is 6.08 Å². The van der Waals surface area contributed by atoms with Gasteiger partial charge in [-0.3, -0.25) is 4.79 Å². The first-order valence-electron chi connectivity index (χ1n) is 7.51. The second-order valence-electron chi connectivity index (χ2n) is 5.00. The second-order valence-corrected chi connectivity index (χ2v) is 5.91. The summed E-state index contributed by atoms with van der Waals surface area (Å²) in [4.78, 5) is 12.5. The third-order valence-electron chi connectivity index (χ3n) is 3.30. The fraction of sp³-hybridized carbons (Fsp3) is 0.100. The maximum absolute atomic E-state index is 12.5. The molecule has 0 unspecified atom stereocenters. The molecule has 0 aliphatic carbocycles. The fourth-order valence-corrected chi connectivity index (χ4v) is 2.50. The summed E-state index contributed by atoms with van der Waals surface area (Å²) in [6.07, 6.45) is 6.66. The van der Waals surface area contributed by atoms with Gasteiger partial charge in [0.2, 0.25) is 0 Å². The lowest BCUT2D eigenvalue weighted by atomic mass is 10.1. The number of para-hydroxylation sites is 2. The molecule has 0 atom stereocenters. The van der Waals surface area contributed by atoms with E-state index < -0.39 is 5.91 Å². The molecular formula is C20H15BrN2O3. The summed E-state index contributed by atoms with van der Waals surface area (Å²) in [5.41, 5.74) is 0.945. The second kappa shape index (κ2) is 9.31. The normalized spacial score (nSPS) is 10.4. The number of anilines is 1. The van der Waals surface area contributed by atoms with Crippen molar-refractivity contribution in [1.82, 2.24) is 0 Å². The maximum atomic E-state index is 12.5. The smallest absolute Gasteiger partial charge is 0.266 e. The predicted octanol–water partition coefficient (Wildman–Crippen LogP) is 4.02. The van der Waals surface area contributed by atoms with Crippen LogP contribution in [0.4, 0.5) is 5.69 Å². The van der Waals surface area contributed by atoms with Crippen LogP contribution >= 0.6 is 15.9 Å². The molecule has 0 bridgehead atoms. The first-order chi connectivity index (χ1) is 12.6. The van der Waals surface area contributed by atoms with Crippen molar-refractivity contribution in [2.45, 2.75) is 0 Å². The molecule has 5 nitrogen and oxygen atoms in total. The van der Waals surface area contributed by atoms with Crippen LogP contribution in [-0.4, -0.2) is 19.6 Å². The number of nitrogens with zero attached hydrogens (tertiary/aromatic N) is 1. The van der Waals surface area contributed by atoms with E-state index in [0.717, 1.165) is 4.47 Å². The minimum Gasteiger partial charge on any atom is -0.495 e. The average Bonchev–Trinajstić information content (AvgIpc) is 2.65. The average molecular weight is 411 g/mol. The van der Waals surface area contributed by atoms with Gasteiger partial charge in [-0.1, -0.05) is 34.0 Å². The SMILES string of the molecule is C#CCOc1ccc(Br)cc1/C=C(\C#N)C(=O)Nc1ccccc1OC. The molecule has 0 spiro atoms. The molecule has 0 radical (unpaired) electrons. The number of halogens is 1. The number of hydrogen-bond donors (Lipinski definition) is 1. The van der Waals surface area contributed by atoms with Gasteiger partial charge in [0, 0.05) is 10.0 Å². The highest BCUT2D eigenvalue weighted by Crippen LogP contribution is 2.27. The van der Waals surface area contributed by atoms with E-state index in [1.165, 1.54) is 13.2 Å². The molecule has 2 rings (SSSR count). The van der Waals surface area contributed by atoms with Crippen molar-refractivity contribution in [2.24, 2.45) is 0 Å². The predicted molar refractivity (Wildman–Crippen MR) is 104 cm³/mol. The number of nitrogens with one attached hydrogen (secondary N) is 1. The zero-order valence-corrected chi connectivity index (χ0v) is 15.5. The molecule has 0 aliphatic heterocycles. The van der Waals surface area contributed by atoms with Gasteiger partial charge in [-0.15, -0.1) is 6.42 Å². The van der Waals surface area contributed by atoms with Crippen LogP contribution in [0.2, 0.25) is 0 Å². The first-order valence-corrected chi connectivity index (χ1v) is 8.30. The summed E-state index contributed by atoms with van der Waals surface area (Å²) >= 11 is 3.36. The van der Waals surface area contributed by atoms with Gasteiger partial charge >= 0.3 is 0 Å². The lowest BCUT2D eigenvalue weighted by Crippen LogP contribution is -2.14. The Balaban J connectivity index is 2.33. The highest BCUT2D eigenvalue weighted by Gasteiger charge is 2.13. The lowest BCUT2D eigenvalue weighted by Gasteiger charge is -2.10. The van der Waals surface area contributed by atoms with Crippen molar-refractivity contribution in [3.63, 3.8) is 0 Å². The Morgan fingerprint density at radius 1 is 1.31 bits per heavy atom. The molecule has 130 valence electrons. The van der Waals surface area contributed by atoms with Crippen LogP contribution in [0.5, 0.6) is 11.5 Å². The number of nitriles is 1. The maximum Gasteiger partial charge on any atom is 0.266 e. The molecule has 0 aliphatic rings. The van der Waals surface area contributed by atoms with Crippen molar-refractivity contribution >= 4 is 33.6 Å². The molecule has 2 aromatic rings. The summed E-state index contributed by atoms with van der Waals surface area (Å²) in [5.74, 6) is 2.80. The number of methoxy groups -OCH3 is 1. The number of hydrogen-bond acceptors (Lipinski definition) is 4. The van der Waals surface area contributed by atoms with E-state index in [1.54, 1.807) is 42.5 Å². The number of amides is 1. The quantitative estimate of drug-likeness (QED) is 0.443. The minimum atomic E-state index is -0.556. The fourth-order valence-electron chi connectivity index (χ4n) is 2.12. The number of ether oxygens (including phenoxy) is 2. The number of terminal acetylenes is 1. The van der Waals surface area contributed by atoms with Gasteiger partial charge in [0.05, 0.1) is 12.8 Å². The van der Waals surface area contributed by atoms with E-state index in [-0.39, 0.29) is 12.2 Å². The van der Waals surface area contributed by atoms with Gasteiger partial charge in [-0.05, 0) is 36.4 Å². The third kappa shape index (κ3) is 4.89. The van der Waals surface area contributed by atoms with Crippen molar-refractivity contribution in [3.8, 4) is 29.9 Å². The van der Waals surface area contributed by atoms with Crippen molar-refractivity contribution < 1.29 is 14.3 Å². The zero-order valence-electron chi connectivity index (χ0n) is 14.0. The monoisotopic (exact) mass is 410 g/mol. The summed E-state index contributed by atoms with van der Waals surface area (Å²) in [6, 6.07) is 14.1. The molecule has 1 amide bonds. The van der Waals surface area contributed by atoms with Gasteiger partial charge < -0.3 is 14.8 Å². The van der Waals surface area contributed by atoms with Crippen molar-refractivity contribution in [3.05, 3.63) is 58.1 Å². The van der Waals surface area contributed by atoms with Crippen molar-refractivity contribution in [1.29, 1.82) is 5.26 Å². The highest BCUT2D eigenvalue weighted by molar-refractivity contribution is 9.10. The summed E-state index contributed by atoms with van der Waals surface area (Å²) < 4.78 is 11.4. The molecule has 0 heterocycles. The van der Waals surface area contributed by atoms with E-state index in [9.17, 15) is 10.1 Å². The number of carbonyl (C=O) groups is 1. The van der Waals surface area contributed by atoms with E-state index in [1.807, 2.05) is 6.07 Å². The number of benzene rings is 2. The van der Waals surface area contributed by atoms with Crippen LogP contribution in [0.1, 0.15) is 5.56 Å². The standard InChI is InChI=1S/C20H15BrN2O3/c1-3-10-26-18-9-8-16(21)12-14(18)11-15(13-22)20(24)23-17-6-4-5-7-19(17)25-2/h1,4-9,11-12H,10H2,2H3,(H,23,24)/b15-11+. The summed E-state index contributed by atoms with van der Waals surface area (Å²) in [5, 5.41) is 12.1. The van der Waals surface area contributed by atoms with Gasteiger partial charge in [0.25, 0.3) is 5.91 Å². The van der Waals surface area contributed by atoms with Gasteiger partial charge in [-0.25, -0.2) is 0 Å². The number of carbonyl (C=O) groups excluding carboxylic acids is 1. The Morgan fingerprint density at radius 2 is 2.08 bits per heavy atom. The van der Waals surface area contributed by atoms with E-state index in [4.69, 9.17) is 15.9 Å². The molecule has 0 fully saturated rings. The Morgan fingerprint density at radius 3 is 2.77 bits per heavy atom. The molecule has 1 N–H and O–H groups in total. The molecule has 2 aromatic carbocycles.